The highest BCUT2D eigenvalue weighted by atomic mass is 79.9. The molecule has 0 aliphatic rings. The number of rotatable bonds is 1. The fourth-order valence-corrected chi connectivity index (χ4v) is 1.84. The molecule has 0 saturated heterocycles. The molecule has 0 fully saturated rings. The van der Waals surface area contributed by atoms with Gasteiger partial charge in [0.15, 0.2) is 0 Å². The van der Waals surface area contributed by atoms with Gasteiger partial charge in [0.1, 0.15) is 11.6 Å². The van der Waals surface area contributed by atoms with E-state index in [4.69, 9.17) is 10.5 Å². The van der Waals surface area contributed by atoms with E-state index in [1.807, 2.05) is 12.1 Å². The molecule has 2 aromatic rings. The van der Waals surface area contributed by atoms with Crippen molar-refractivity contribution in [2.45, 2.75) is 12.3 Å². The lowest BCUT2D eigenvalue weighted by Crippen LogP contribution is -1.86. The number of alkyl halides is 1. The summed E-state index contributed by atoms with van der Waals surface area (Å²) in [5.74, 6) is -0.653. The van der Waals surface area contributed by atoms with Crippen molar-refractivity contribution in [3.63, 3.8) is 0 Å². The Balaban J connectivity index is 0.000000211. The molecule has 0 radical (unpaired) electrons. The summed E-state index contributed by atoms with van der Waals surface area (Å²) >= 11 is 3.13. The molecule has 0 bridgehead atoms. The maximum absolute atomic E-state index is 12.9. The molecule has 0 heterocycles. The summed E-state index contributed by atoms with van der Waals surface area (Å²) in [5.41, 5.74) is 1.86. The van der Waals surface area contributed by atoms with E-state index < -0.39 is 0 Å². The zero-order chi connectivity index (χ0) is 15.8. The zero-order valence-corrected chi connectivity index (χ0v) is 12.8. The van der Waals surface area contributed by atoms with Crippen molar-refractivity contribution in [1.82, 2.24) is 0 Å². The van der Waals surface area contributed by atoms with E-state index in [9.17, 15) is 8.78 Å². The highest BCUT2D eigenvalue weighted by Crippen LogP contribution is 2.12. The predicted octanol–water partition coefficient (Wildman–Crippen LogP) is 4.60. The topological polar surface area (TPSA) is 47.6 Å². The molecule has 5 heteroatoms. The molecule has 0 aliphatic heterocycles. The Morgan fingerprint density at radius 2 is 1.48 bits per heavy atom. The quantitative estimate of drug-likeness (QED) is 0.707. The van der Waals surface area contributed by atoms with Gasteiger partial charge in [0.2, 0.25) is 0 Å². The van der Waals surface area contributed by atoms with Crippen molar-refractivity contribution in [2.24, 2.45) is 0 Å². The van der Waals surface area contributed by atoms with Crippen LogP contribution in [0.15, 0.2) is 36.4 Å². The summed E-state index contributed by atoms with van der Waals surface area (Å²) in [6.07, 6.45) is 0. The third kappa shape index (κ3) is 4.98. The Morgan fingerprint density at radius 3 is 1.90 bits per heavy atom. The number of nitrogens with zero attached hydrogens (tertiary/aromatic N) is 2. The molecule has 0 aliphatic carbocycles. The number of halogens is 3. The molecule has 0 saturated carbocycles. The number of aryl methyl sites for hydroxylation is 1. The Hall–Kier alpha value is -2.24. The lowest BCUT2D eigenvalue weighted by Gasteiger charge is -1.96. The first-order valence-corrected chi connectivity index (χ1v) is 7.04. The molecule has 0 amide bonds. The number of nitriles is 2. The van der Waals surface area contributed by atoms with Crippen LogP contribution in [0.1, 0.15) is 22.3 Å². The van der Waals surface area contributed by atoms with Crippen LogP contribution >= 0.6 is 15.9 Å². The van der Waals surface area contributed by atoms with Crippen LogP contribution < -0.4 is 0 Å². The van der Waals surface area contributed by atoms with Crippen molar-refractivity contribution in [3.05, 3.63) is 70.3 Å². The van der Waals surface area contributed by atoms with Crippen LogP contribution in [-0.4, -0.2) is 0 Å². The van der Waals surface area contributed by atoms with Crippen LogP contribution in [0.3, 0.4) is 0 Å². The Bertz CT molecular complexity index is 715. The average molecular weight is 349 g/mol. The van der Waals surface area contributed by atoms with E-state index in [1.165, 1.54) is 12.1 Å². The molecule has 2 aromatic carbocycles. The standard InChI is InChI=1S/C8H5BrFN.C8H6FN/c9-4-7-2-1-6(5-11)3-8(7)10;1-6-2-3-7(5-10)4-8(6)9/h1-3H,4H2;2-4H,1H3. The van der Waals surface area contributed by atoms with Gasteiger partial charge >= 0.3 is 0 Å². The van der Waals surface area contributed by atoms with E-state index in [1.54, 1.807) is 31.2 Å². The third-order valence-corrected chi connectivity index (χ3v) is 3.23. The van der Waals surface area contributed by atoms with Crippen LogP contribution in [-0.2, 0) is 5.33 Å². The highest BCUT2D eigenvalue weighted by molar-refractivity contribution is 9.08. The Kier molecular flexibility index (Phi) is 6.52. The first kappa shape index (κ1) is 16.8. The minimum Gasteiger partial charge on any atom is -0.207 e. The van der Waals surface area contributed by atoms with Gasteiger partial charge in [0.05, 0.1) is 23.3 Å². The minimum atomic E-state index is -0.332. The second-order valence-corrected chi connectivity index (χ2v) is 4.69. The molecule has 21 heavy (non-hydrogen) atoms. The van der Waals surface area contributed by atoms with Gasteiger partial charge in [-0.05, 0) is 42.3 Å². The average Bonchev–Trinajstić information content (AvgIpc) is 2.50. The lowest BCUT2D eigenvalue weighted by atomic mass is 10.1. The number of benzene rings is 2. The predicted molar refractivity (Wildman–Crippen MR) is 79.6 cm³/mol. The fourth-order valence-electron chi connectivity index (χ4n) is 1.39. The van der Waals surface area contributed by atoms with Crippen LogP contribution in [0.25, 0.3) is 0 Å². The second kappa shape index (κ2) is 8.14. The largest absolute Gasteiger partial charge is 0.207 e. The van der Waals surface area contributed by atoms with Gasteiger partial charge in [0, 0.05) is 5.33 Å². The molecule has 0 N–H and O–H groups in total. The van der Waals surface area contributed by atoms with Gasteiger partial charge in [-0.2, -0.15) is 10.5 Å². The zero-order valence-electron chi connectivity index (χ0n) is 11.2. The molecule has 0 spiro atoms. The number of hydrogen-bond donors (Lipinski definition) is 0. The summed E-state index contributed by atoms with van der Waals surface area (Å²) in [4.78, 5) is 0. The molecule has 2 nitrogen and oxygen atoms in total. The maximum atomic E-state index is 12.9. The highest BCUT2D eigenvalue weighted by Gasteiger charge is 2.00. The van der Waals surface area contributed by atoms with Crippen LogP contribution in [0, 0.1) is 41.2 Å². The Labute approximate surface area is 130 Å². The first-order chi connectivity index (χ1) is 10.0. The van der Waals surface area contributed by atoms with E-state index in [-0.39, 0.29) is 11.6 Å². The van der Waals surface area contributed by atoms with Crippen molar-refractivity contribution in [1.29, 1.82) is 10.5 Å². The summed E-state index contributed by atoms with van der Waals surface area (Å²) in [6.45, 7) is 1.66. The summed E-state index contributed by atoms with van der Waals surface area (Å²) in [6, 6.07) is 12.6. The minimum absolute atomic E-state index is 0.320. The van der Waals surface area contributed by atoms with Crippen LogP contribution in [0.2, 0.25) is 0 Å². The van der Waals surface area contributed by atoms with Crippen molar-refractivity contribution in [3.8, 4) is 12.1 Å². The van der Waals surface area contributed by atoms with Crippen LogP contribution in [0.5, 0.6) is 0 Å². The van der Waals surface area contributed by atoms with Gasteiger partial charge < -0.3 is 0 Å². The smallest absolute Gasteiger partial charge is 0.128 e. The molecule has 0 unspecified atom stereocenters. The first-order valence-electron chi connectivity index (χ1n) is 5.92. The second-order valence-electron chi connectivity index (χ2n) is 4.13. The Morgan fingerprint density at radius 1 is 0.952 bits per heavy atom. The van der Waals surface area contributed by atoms with E-state index in [2.05, 4.69) is 15.9 Å². The SMILES string of the molecule is Cc1ccc(C#N)cc1F.N#Cc1ccc(CBr)c(F)c1. The van der Waals surface area contributed by atoms with Gasteiger partial charge in [-0.3, -0.25) is 0 Å². The normalized spacial score (nSPS) is 9.05. The van der Waals surface area contributed by atoms with Crippen molar-refractivity contribution in [2.75, 3.05) is 0 Å². The molecule has 106 valence electrons. The monoisotopic (exact) mass is 348 g/mol. The molecule has 2 rings (SSSR count). The van der Waals surface area contributed by atoms with Crippen LogP contribution in [0.4, 0.5) is 8.78 Å². The molecule has 0 aromatic heterocycles. The van der Waals surface area contributed by atoms with Gasteiger partial charge in [-0.25, -0.2) is 8.78 Å². The molecular weight excluding hydrogens is 338 g/mol. The molecule has 0 atom stereocenters. The summed E-state index contributed by atoms with van der Waals surface area (Å²) in [5, 5.41) is 17.2. The fraction of sp³-hybridized carbons (Fsp3) is 0.125. The third-order valence-electron chi connectivity index (χ3n) is 2.63. The van der Waals surface area contributed by atoms with Crippen molar-refractivity contribution >= 4 is 15.9 Å². The van der Waals surface area contributed by atoms with Gasteiger partial charge in [-0.1, -0.05) is 28.1 Å². The van der Waals surface area contributed by atoms with E-state index in [0.717, 1.165) is 0 Å². The van der Waals surface area contributed by atoms with Crippen molar-refractivity contribution < 1.29 is 8.78 Å². The van der Waals surface area contributed by atoms with E-state index >= 15 is 0 Å². The van der Waals surface area contributed by atoms with E-state index in [0.29, 0.717) is 27.6 Å². The summed E-state index contributed by atoms with van der Waals surface area (Å²) in [7, 11) is 0. The van der Waals surface area contributed by atoms with Gasteiger partial charge in [0.25, 0.3) is 0 Å². The van der Waals surface area contributed by atoms with Gasteiger partial charge in [-0.15, -0.1) is 0 Å². The summed E-state index contributed by atoms with van der Waals surface area (Å²) < 4.78 is 25.5. The lowest BCUT2D eigenvalue weighted by molar-refractivity contribution is 0.617. The number of hydrogen-bond acceptors (Lipinski definition) is 2. The maximum Gasteiger partial charge on any atom is 0.128 e. The molecular formula is C16H11BrF2N2.